The van der Waals surface area contributed by atoms with Gasteiger partial charge in [0.2, 0.25) is 11.9 Å². The van der Waals surface area contributed by atoms with Crippen molar-refractivity contribution in [2.45, 2.75) is 58.4 Å². The van der Waals surface area contributed by atoms with Gasteiger partial charge in [0.25, 0.3) is 0 Å². The molecule has 28 heavy (non-hydrogen) atoms. The molecule has 0 unspecified atom stereocenters. The first-order valence-electron chi connectivity index (χ1n) is 10.2. The van der Waals surface area contributed by atoms with Gasteiger partial charge in [-0.1, -0.05) is 31.4 Å². The van der Waals surface area contributed by atoms with Gasteiger partial charge < -0.3 is 15.0 Å². The third kappa shape index (κ3) is 5.46. The number of nitrogens with one attached hydrogen (secondary N) is 1. The van der Waals surface area contributed by atoms with E-state index in [4.69, 9.17) is 10.5 Å². The lowest BCUT2D eigenvalue weighted by molar-refractivity contribution is -0.118. The number of halogens is 1. The summed E-state index contributed by atoms with van der Waals surface area (Å²) in [5, 5.41) is 3.06. The van der Waals surface area contributed by atoms with Gasteiger partial charge in [0.1, 0.15) is 0 Å². The molecule has 1 aromatic carbocycles. The predicted molar refractivity (Wildman–Crippen MR) is 116 cm³/mol. The molecule has 1 aromatic heterocycles. The van der Waals surface area contributed by atoms with E-state index in [0.717, 1.165) is 43.4 Å². The summed E-state index contributed by atoms with van der Waals surface area (Å²) in [5.74, 6) is 0.643. The van der Waals surface area contributed by atoms with Gasteiger partial charge in [-0.05, 0) is 50.3 Å². The first-order chi connectivity index (χ1) is 13.2. The zero-order valence-corrected chi connectivity index (χ0v) is 17.6. The van der Waals surface area contributed by atoms with Crippen molar-refractivity contribution >= 4 is 35.3 Å². The Hall–Kier alpha value is -1.63. The van der Waals surface area contributed by atoms with Crippen LogP contribution in [0.25, 0.3) is 11.0 Å². The van der Waals surface area contributed by atoms with Gasteiger partial charge in [0, 0.05) is 26.2 Å². The molecule has 0 aliphatic heterocycles. The number of nitrogens with two attached hydrogens (primary N) is 1. The number of aryl methyl sites for hydroxylation is 1. The van der Waals surface area contributed by atoms with Crippen molar-refractivity contribution in [3.8, 4) is 0 Å². The van der Waals surface area contributed by atoms with Crippen LogP contribution < -0.4 is 11.1 Å². The van der Waals surface area contributed by atoms with Crippen LogP contribution in [0.4, 0.5) is 5.95 Å². The van der Waals surface area contributed by atoms with Crippen LogP contribution in [0.15, 0.2) is 24.3 Å². The van der Waals surface area contributed by atoms with E-state index >= 15 is 0 Å². The Balaban J connectivity index is 0.00000280. The first kappa shape index (κ1) is 22.7. The maximum Gasteiger partial charge on any atom is 0.227 e. The van der Waals surface area contributed by atoms with E-state index in [1.807, 2.05) is 31.2 Å². The highest BCUT2D eigenvalue weighted by Crippen LogP contribution is 2.38. The van der Waals surface area contributed by atoms with E-state index in [2.05, 4.69) is 14.9 Å². The highest BCUT2D eigenvalue weighted by atomic mass is 35.5. The Bertz CT molecular complexity index is 756. The van der Waals surface area contributed by atoms with E-state index < -0.39 is 0 Å². The third-order valence-electron chi connectivity index (χ3n) is 5.66. The molecule has 0 spiro atoms. The summed E-state index contributed by atoms with van der Waals surface area (Å²) in [6.45, 7) is 4.75. The molecule has 1 aliphatic carbocycles. The van der Waals surface area contributed by atoms with Gasteiger partial charge >= 0.3 is 0 Å². The Morgan fingerprint density at radius 1 is 1.29 bits per heavy atom. The molecular formula is C21H33ClN4O2. The molecule has 1 aliphatic rings. The predicted octanol–water partition coefficient (Wildman–Crippen LogP) is 4.12. The number of carbonyl (C=O) groups is 1. The monoisotopic (exact) mass is 408 g/mol. The number of hydrogen-bond donors (Lipinski definition) is 2. The molecule has 0 bridgehead atoms. The van der Waals surface area contributed by atoms with Crippen LogP contribution in [0.5, 0.6) is 0 Å². The third-order valence-corrected chi connectivity index (χ3v) is 5.66. The average Bonchev–Trinajstić information content (AvgIpc) is 3.03. The van der Waals surface area contributed by atoms with Gasteiger partial charge in [-0.25, -0.2) is 4.98 Å². The molecule has 2 aromatic rings. The van der Waals surface area contributed by atoms with E-state index in [1.54, 1.807) is 0 Å². The highest BCUT2D eigenvalue weighted by Gasteiger charge is 2.33. The minimum absolute atomic E-state index is 0. The largest absolute Gasteiger partial charge is 0.382 e. The molecule has 1 fully saturated rings. The van der Waals surface area contributed by atoms with Crippen molar-refractivity contribution in [3.63, 3.8) is 0 Å². The summed E-state index contributed by atoms with van der Waals surface area (Å²) < 4.78 is 7.54. The molecule has 3 N–H and O–H groups in total. The minimum atomic E-state index is -0.0475. The smallest absolute Gasteiger partial charge is 0.227 e. The van der Waals surface area contributed by atoms with Crippen molar-refractivity contribution in [1.29, 1.82) is 0 Å². The number of rotatable bonds is 9. The fourth-order valence-electron chi connectivity index (χ4n) is 4.13. The summed E-state index contributed by atoms with van der Waals surface area (Å²) in [6.07, 6.45) is 7.03. The summed E-state index contributed by atoms with van der Waals surface area (Å²) in [5.41, 5.74) is 7.94. The van der Waals surface area contributed by atoms with Crippen molar-refractivity contribution in [3.05, 3.63) is 24.3 Å². The number of amides is 1. The zero-order chi connectivity index (χ0) is 19.1. The molecule has 1 saturated carbocycles. The van der Waals surface area contributed by atoms with Gasteiger partial charge in [0.15, 0.2) is 0 Å². The number of ether oxygens (including phenoxy) is 1. The Morgan fingerprint density at radius 2 is 2.04 bits per heavy atom. The maximum atomic E-state index is 12.8. The second kappa shape index (κ2) is 10.8. The molecule has 0 saturated heterocycles. The normalized spacial score (nSPS) is 15.9. The lowest BCUT2D eigenvalue weighted by Gasteiger charge is -2.35. The van der Waals surface area contributed by atoms with Crippen LogP contribution in [0, 0.1) is 5.41 Å². The lowest BCUT2D eigenvalue weighted by Crippen LogP contribution is -2.36. The molecule has 0 radical (unpaired) electrons. The van der Waals surface area contributed by atoms with Crippen molar-refractivity contribution in [1.82, 2.24) is 9.55 Å². The number of aromatic nitrogens is 2. The molecule has 7 heteroatoms. The van der Waals surface area contributed by atoms with E-state index in [0.29, 0.717) is 25.5 Å². The van der Waals surface area contributed by atoms with Crippen molar-refractivity contribution in [2.24, 2.45) is 11.1 Å². The minimum Gasteiger partial charge on any atom is -0.382 e. The first-order valence-corrected chi connectivity index (χ1v) is 10.2. The molecule has 156 valence electrons. The molecule has 0 atom stereocenters. The molecule has 1 heterocycles. The van der Waals surface area contributed by atoms with Gasteiger partial charge in [-0.15, -0.1) is 12.4 Å². The molecule has 6 nitrogen and oxygen atoms in total. The maximum absolute atomic E-state index is 12.8. The fraction of sp³-hybridized carbons (Fsp3) is 0.619. The number of para-hydroxylation sites is 2. The second-order valence-electron chi connectivity index (χ2n) is 7.62. The summed E-state index contributed by atoms with van der Waals surface area (Å²) in [6, 6.07) is 7.99. The van der Waals surface area contributed by atoms with Crippen LogP contribution in [-0.2, 0) is 16.1 Å². The summed E-state index contributed by atoms with van der Waals surface area (Å²) in [4.78, 5) is 17.5. The lowest BCUT2D eigenvalue weighted by atomic mass is 9.72. The summed E-state index contributed by atoms with van der Waals surface area (Å²) >= 11 is 0. The number of hydrogen-bond acceptors (Lipinski definition) is 4. The zero-order valence-electron chi connectivity index (χ0n) is 16.8. The molecule has 3 rings (SSSR count). The van der Waals surface area contributed by atoms with Crippen LogP contribution in [-0.4, -0.2) is 35.2 Å². The van der Waals surface area contributed by atoms with Crippen molar-refractivity contribution in [2.75, 3.05) is 25.1 Å². The SMILES string of the molecule is CCOCCCn1c(NC(=O)CC2(CN)CCCCC2)nc2ccccc21.Cl. The Kier molecular flexibility index (Phi) is 8.73. The molecular weight excluding hydrogens is 376 g/mol. The number of anilines is 1. The standard InChI is InChI=1S/C21H32N4O2.ClH/c1-2-27-14-8-13-25-18-10-5-4-9-17(18)23-20(25)24-19(26)15-21(16-22)11-6-3-7-12-21;/h4-5,9-10H,2-3,6-8,11-16,22H2,1H3,(H,23,24,26);1H. The van der Waals surface area contributed by atoms with Crippen molar-refractivity contribution < 1.29 is 9.53 Å². The van der Waals surface area contributed by atoms with Crippen LogP contribution in [0.2, 0.25) is 0 Å². The van der Waals surface area contributed by atoms with E-state index in [9.17, 15) is 4.79 Å². The van der Waals surface area contributed by atoms with E-state index in [1.165, 1.54) is 19.3 Å². The highest BCUT2D eigenvalue weighted by molar-refractivity contribution is 5.92. The number of fused-ring (bicyclic) bond motifs is 1. The average molecular weight is 409 g/mol. The Labute approximate surface area is 173 Å². The van der Waals surface area contributed by atoms with Crippen LogP contribution in [0.1, 0.15) is 51.9 Å². The van der Waals surface area contributed by atoms with Crippen LogP contribution >= 0.6 is 12.4 Å². The van der Waals surface area contributed by atoms with Gasteiger partial charge in [-0.3, -0.25) is 10.1 Å². The number of nitrogens with zero attached hydrogens (tertiary/aromatic N) is 2. The van der Waals surface area contributed by atoms with Gasteiger partial charge in [-0.2, -0.15) is 0 Å². The summed E-state index contributed by atoms with van der Waals surface area (Å²) in [7, 11) is 0. The quantitative estimate of drug-likeness (QED) is 0.611. The van der Waals surface area contributed by atoms with Crippen LogP contribution in [0.3, 0.4) is 0 Å². The number of benzene rings is 1. The second-order valence-corrected chi connectivity index (χ2v) is 7.62. The fourth-order valence-corrected chi connectivity index (χ4v) is 4.13. The number of carbonyl (C=O) groups excluding carboxylic acids is 1. The molecule has 1 amide bonds. The Morgan fingerprint density at radius 3 is 2.75 bits per heavy atom. The van der Waals surface area contributed by atoms with E-state index in [-0.39, 0.29) is 23.7 Å². The topological polar surface area (TPSA) is 82.2 Å². The van der Waals surface area contributed by atoms with Gasteiger partial charge in [0.05, 0.1) is 11.0 Å². The number of imidazole rings is 1.